The summed E-state index contributed by atoms with van der Waals surface area (Å²) in [5.41, 5.74) is 2.04. The van der Waals surface area contributed by atoms with E-state index in [0.29, 0.717) is 37.6 Å². The van der Waals surface area contributed by atoms with Crippen molar-refractivity contribution in [3.8, 4) is 11.4 Å². The number of carbonyl (C=O) groups is 2. The summed E-state index contributed by atoms with van der Waals surface area (Å²) in [5, 5.41) is 13.2. The van der Waals surface area contributed by atoms with Crippen molar-refractivity contribution in [3.05, 3.63) is 59.7 Å². The largest absolute Gasteiger partial charge is 0.476 e. The van der Waals surface area contributed by atoms with Crippen molar-refractivity contribution in [2.75, 3.05) is 6.54 Å². The second-order valence-corrected chi connectivity index (χ2v) is 6.14. The molecule has 3 heterocycles. The molecule has 2 N–H and O–H groups in total. The highest BCUT2D eigenvalue weighted by Gasteiger charge is 2.24. The molecule has 4 rings (SSSR count). The summed E-state index contributed by atoms with van der Waals surface area (Å²) >= 11 is 0. The Morgan fingerprint density at radius 3 is 2.73 bits per heavy atom. The first kappa shape index (κ1) is 16.1. The van der Waals surface area contributed by atoms with Gasteiger partial charge in [0.1, 0.15) is 11.5 Å². The highest BCUT2D eigenvalue weighted by Crippen LogP contribution is 2.19. The van der Waals surface area contributed by atoms with E-state index in [9.17, 15) is 9.59 Å². The first-order valence-corrected chi connectivity index (χ1v) is 8.31. The number of carbonyl (C=O) groups excluding carboxylic acids is 1. The van der Waals surface area contributed by atoms with Gasteiger partial charge in [-0.3, -0.25) is 9.48 Å². The summed E-state index contributed by atoms with van der Waals surface area (Å²) in [4.78, 5) is 33.0. The summed E-state index contributed by atoms with van der Waals surface area (Å²) in [6, 6.07) is 11.1. The quantitative estimate of drug-likeness (QED) is 0.751. The number of H-pyrrole nitrogens is 1. The molecule has 0 atom stereocenters. The van der Waals surface area contributed by atoms with Gasteiger partial charge < -0.3 is 15.0 Å². The third-order valence-electron chi connectivity index (χ3n) is 4.37. The van der Waals surface area contributed by atoms with E-state index in [1.54, 1.807) is 9.58 Å². The number of aromatic carboxylic acids is 1. The zero-order chi connectivity index (χ0) is 18.1. The van der Waals surface area contributed by atoms with Crippen LogP contribution in [-0.2, 0) is 13.1 Å². The molecule has 8 heteroatoms. The van der Waals surface area contributed by atoms with Crippen molar-refractivity contribution >= 4 is 11.9 Å². The fourth-order valence-corrected chi connectivity index (χ4v) is 3.08. The summed E-state index contributed by atoms with van der Waals surface area (Å²) in [6.07, 6.45) is 2.24. The van der Waals surface area contributed by atoms with Gasteiger partial charge in [-0.1, -0.05) is 30.3 Å². The Hall–Kier alpha value is -3.42. The average Bonchev–Trinajstić information content (AvgIpc) is 3.25. The van der Waals surface area contributed by atoms with Crippen LogP contribution in [0, 0.1) is 0 Å². The Morgan fingerprint density at radius 2 is 1.96 bits per heavy atom. The Balaban J connectivity index is 1.56. The Morgan fingerprint density at radius 1 is 1.15 bits per heavy atom. The van der Waals surface area contributed by atoms with Crippen molar-refractivity contribution < 1.29 is 14.7 Å². The van der Waals surface area contributed by atoms with E-state index in [2.05, 4.69) is 15.1 Å². The minimum absolute atomic E-state index is 0.00204. The molecule has 0 unspecified atom stereocenters. The zero-order valence-electron chi connectivity index (χ0n) is 13.9. The molecule has 1 aliphatic rings. The highest BCUT2D eigenvalue weighted by molar-refractivity contribution is 5.92. The molecule has 1 aliphatic heterocycles. The summed E-state index contributed by atoms with van der Waals surface area (Å²) in [6.45, 7) is 1.48. The fourth-order valence-electron chi connectivity index (χ4n) is 3.08. The van der Waals surface area contributed by atoms with Crippen LogP contribution in [0.4, 0.5) is 0 Å². The predicted molar refractivity (Wildman–Crippen MR) is 92.6 cm³/mol. The lowest BCUT2D eigenvalue weighted by Crippen LogP contribution is -2.31. The van der Waals surface area contributed by atoms with Crippen LogP contribution in [0.3, 0.4) is 0 Å². The van der Waals surface area contributed by atoms with Gasteiger partial charge in [-0.25, -0.2) is 9.78 Å². The Bertz CT molecular complexity index is 960. The molecule has 26 heavy (non-hydrogen) atoms. The molecule has 0 aliphatic carbocycles. The number of nitrogens with zero attached hydrogens (tertiary/aromatic N) is 4. The van der Waals surface area contributed by atoms with E-state index in [-0.39, 0.29) is 11.6 Å². The molecule has 0 fully saturated rings. The number of carboxylic acid groups (broad SMARTS) is 1. The van der Waals surface area contributed by atoms with E-state index in [1.807, 2.05) is 30.3 Å². The molecule has 132 valence electrons. The van der Waals surface area contributed by atoms with Crippen LogP contribution in [-0.4, -0.2) is 48.2 Å². The van der Waals surface area contributed by atoms with Gasteiger partial charge in [0, 0.05) is 18.7 Å². The number of aromatic nitrogens is 4. The summed E-state index contributed by atoms with van der Waals surface area (Å²) < 4.78 is 1.67. The lowest BCUT2D eigenvalue weighted by atomic mass is 10.2. The lowest BCUT2D eigenvalue weighted by Gasteiger charge is -2.18. The molecule has 0 radical (unpaired) electrons. The van der Waals surface area contributed by atoms with E-state index in [1.165, 1.54) is 12.3 Å². The van der Waals surface area contributed by atoms with Crippen LogP contribution in [0.15, 0.2) is 42.6 Å². The van der Waals surface area contributed by atoms with Gasteiger partial charge in [0.2, 0.25) is 0 Å². The molecule has 0 bridgehead atoms. The minimum Gasteiger partial charge on any atom is -0.476 e. The van der Waals surface area contributed by atoms with Crippen LogP contribution in [0.1, 0.15) is 33.1 Å². The Kier molecular flexibility index (Phi) is 4.00. The number of hydrogen-bond acceptors (Lipinski definition) is 4. The fraction of sp³-hybridized carbons (Fsp3) is 0.222. The standard InChI is InChI=1S/C18H17N5O3/c24-17(15-10-19-16(20-15)12-5-2-1-3-6-12)22-7-4-8-23-13(11-22)9-14(21-23)18(25)26/h1-3,5-6,9-10H,4,7-8,11H2,(H,19,20)(H,25,26). The number of rotatable bonds is 3. The van der Waals surface area contributed by atoms with E-state index in [4.69, 9.17) is 5.11 Å². The van der Waals surface area contributed by atoms with Gasteiger partial charge in [0.15, 0.2) is 5.69 Å². The topological polar surface area (TPSA) is 104 Å². The SMILES string of the molecule is O=C(O)c1cc2n(n1)CCCN(C(=O)c1cnc(-c3ccccc3)[nH]1)C2. The molecule has 0 spiro atoms. The maximum atomic E-state index is 12.9. The maximum Gasteiger partial charge on any atom is 0.356 e. The first-order valence-electron chi connectivity index (χ1n) is 8.31. The van der Waals surface area contributed by atoms with Gasteiger partial charge in [-0.05, 0) is 12.5 Å². The number of aromatic amines is 1. The van der Waals surface area contributed by atoms with E-state index >= 15 is 0 Å². The van der Waals surface area contributed by atoms with Crippen molar-refractivity contribution in [2.24, 2.45) is 0 Å². The third-order valence-corrected chi connectivity index (χ3v) is 4.37. The first-order chi connectivity index (χ1) is 12.6. The zero-order valence-corrected chi connectivity index (χ0v) is 13.9. The van der Waals surface area contributed by atoms with Gasteiger partial charge in [-0.15, -0.1) is 0 Å². The van der Waals surface area contributed by atoms with Crippen LogP contribution in [0.25, 0.3) is 11.4 Å². The number of benzene rings is 1. The van der Waals surface area contributed by atoms with Crippen molar-refractivity contribution in [3.63, 3.8) is 0 Å². The lowest BCUT2D eigenvalue weighted by molar-refractivity contribution is 0.0689. The minimum atomic E-state index is -1.07. The highest BCUT2D eigenvalue weighted by atomic mass is 16.4. The van der Waals surface area contributed by atoms with Crippen molar-refractivity contribution in [1.29, 1.82) is 0 Å². The second-order valence-electron chi connectivity index (χ2n) is 6.14. The van der Waals surface area contributed by atoms with Crippen LogP contribution in [0.5, 0.6) is 0 Å². The molecule has 8 nitrogen and oxygen atoms in total. The molecule has 1 amide bonds. The number of fused-ring (bicyclic) bond motifs is 1. The number of imidazole rings is 1. The molecule has 0 saturated heterocycles. The molecular weight excluding hydrogens is 334 g/mol. The number of carboxylic acids is 1. The van der Waals surface area contributed by atoms with Crippen molar-refractivity contribution in [1.82, 2.24) is 24.6 Å². The third kappa shape index (κ3) is 2.97. The summed E-state index contributed by atoms with van der Waals surface area (Å²) in [5.74, 6) is -0.585. The van der Waals surface area contributed by atoms with Crippen LogP contribution in [0.2, 0.25) is 0 Å². The molecular formula is C18H17N5O3. The van der Waals surface area contributed by atoms with Gasteiger partial charge in [-0.2, -0.15) is 5.10 Å². The Labute approximate surface area is 149 Å². The maximum absolute atomic E-state index is 12.9. The van der Waals surface area contributed by atoms with Gasteiger partial charge in [0.05, 0.1) is 18.4 Å². The number of amides is 1. The molecule has 0 saturated carbocycles. The molecule has 1 aromatic carbocycles. The monoisotopic (exact) mass is 351 g/mol. The number of nitrogens with one attached hydrogen (secondary N) is 1. The smallest absolute Gasteiger partial charge is 0.356 e. The van der Waals surface area contributed by atoms with Gasteiger partial charge >= 0.3 is 5.97 Å². The number of hydrogen-bond donors (Lipinski definition) is 2. The van der Waals surface area contributed by atoms with Crippen LogP contribution < -0.4 is 0 Å². The van der Waals surface area contributed by atoms with E-state index < -0.39 is 5.97 Å². The second kappa shape index (κ2) is 6.47. The van der Waals surface area contributed by atoms with Gasteiger partial charge in [0.25, 0.3) is 5.91 Å². The normalized spacial score (nSPS) is 13.9. The molecule has 3 aromatic rings. The van der Waals surface area contributed by atoms with Crippen LogP contribution >= 0.6 is 0 Å². The average molecular weight is 351 g/mol. The summed E-state index contributed by atoms with van der Waals surface area (Å²) in [7, 11) is 0. The van der Waals surface area contributed by atoms with Crippen molar-refractivity contribution in [2.45, 2.75) is 19.5 Å². The molecule has 2 aromatic heterocycles. The predicted octanol–water partition coefficient (Wildman–Crippen LogP) is 2.02. The number of aryl methyl sites for hydroxylation is 1. The van der Waals surface area contributed by atoms with E-state index in [0.717, 1.165) is 11.3 Å².